The van der Waals surface area contributed by atoms with E-state index in [2.05, 4.69) is 0 Å². The van der Waals surface area contributed by atoms with Crippen LogP contribution in [0.2, 0.25) is 0 Å². The molecule has 0 radical (unpaired) electrons. The Kier molecular flexibility index (Phi) is 1.48. The molecule has 52 valence electrons. The van der Waals surface area contributed by atoms with Gasteiger partial charge in [0.1, 0.15) is 0 Å². The van der Waals surface area contributed by atoms with Crippen LogP contribution in [0.1, 0.15) is 44.9 Å². The second-order valence-corrected chi connectivity index (χ2v) is 3.83. The molecule has 2 saturated carbocycles. The molecular weight excluding hydrogens is 108 g/mol. The Morgan fingerprint density at radius 1 is 0.778 bits per heavy atom. The van der Waals surface area contributed by atoms with Crippen LogP contribution in [0.25, 0.3) is 0 Å². The zero-order valence-electron chi connectivity index (χ0n) is 6.10. The summed E-state index contributed by atoms with van der Waals surface area (Å²) in [5.74, 6) is 2.32. The average molecular weight is 124 g/mol. The number of hydrogen-bond donors (Lipinski definition) is 0. The molecule has 0 unspecified atom stereocenters. The van der Waals surface area contributed by atoms with Crippen LogP contribution in [0, 0.1) is 11.8 Å². The van der Waals surface area contributed by atoms with Crippen molar-refractivity contribution >= 4 is 0 Å². The minimum atomic E-state index is 1.16. The standard InChI is InChI=1S/C9H16/c1-3-8(4-1)7-9-5-2-6-9/h8-9H,1-7H2. The van der Waals surface area contributed by atoms with Crippen molar-refractivity contribution in [2.75, 3.05) is 0 Å². The highest BCUT2D eigenvalue weighted by atomic mass is 14.3. The minimum Gasteiger partial charge on any atom is -0.0528 e. The smallest absolute Gasteiger partial charge is 0.0412 e. The van der Waals surface area contributed by atoms with Crippen LogP contribution in [0.3, 0.4) is 0 Å². The van der Waals surface area contributed by atoms with Gasteiger partial charge in [-0.3, -0.25) is 0 Å². The maximum atomic E-state index is 1.58. The van der Waals surface area contributed by atoms with Gasteiger partial charge in [0.15, 0.2) is 0 Å². The fourth-order valence-corrected chi connectivity index (χ4v) is 1.93. The average Bonchev–Trinajstić information content (AvgIpc) is 1.57. The van der Waals surface area contributed by atoms with Crippen LogP contribution in [0.5, 0.6) is 0 Å². The van der Waals surface area contributed by atoms with Crippen LogP contribution in [0.15, 0.2) is 0 Å². The Hall–Kier alpha value is 0. The molecule has 0 aromatic rings. The molecular formula is C9H16. The molecule has 0 bridgehead atoms. The van der Waals surface area contributed by atoms with Crippen LogP contribution >= 0.6 is 0 Å². The maximum absolute atomic E-state index is 1.58. The van der Waals surface area contributed by atoms with Gasteiger partial charge < -0.3 is 0 Å². The molecule has 0 aromatic carbocycles. The summed E-state index contributed by atoms with van der Waals surface area (Å²) in [5.41, 5.74) is 0. The van der Waals surface area contributed by atoms with Crippen molar-refractivity contribution in [3.05, 3.63) is 0 Å². The van der Waals surface area contributed by atoms with Crippen molar-refractivity contribution in [1.29, 1.82) is 0 Å². The molecule has 9 heavy (non-hydrogen) atoms. The Morgan fingerprint density at radius 2 is 1.22 bits per heavy atom. The predicted octanol–water partition coefficient (Wildman–Crippen LogP) is 2.98. The van der Waals surface area contributed by atoms with Crippen molar-refractivity contribution < 1.29 is 0 Å². The first-order valence-electron chi connectivity index (χ1n) is 4.45. The van der Waals surface area contributed by atoms with Gasteiger partial charge in [-0.2, -0.15) is 0 Å². The van der Waals surface area contributed by atoms with E-state index in [1.54, 1.807) is 32.1 Å². The second-order valence-electron chi connectivity index (χ2n) is 3.83. The van der Waals surface area contributed by atoms with Gasteiger partial charge in [-0.1, -0.05) is 38.5 Å². The third-order valence-electron chi connectivity index (χ3n) is 3.12. The normalized spacial score (nSPS) is 29.3. The minimum absolute atomic E-state index is 1.16. The fraction of sp³-hybridized carbons (Fsp3) is 1.00. The lowest BCUT2D eigenvalue weighted by molar-refractivity contribution is 0.190. The summed E-state index contributed by atoms with van der Waals surface area (Å²) in [6, 6.07) is 0. The highest BCUT2D eigenvalue weighted by molar-refractivity contribution is 4.77. The van der Waals surface area contributed by atoms with Gasteiger partial charge in [-0.15, -0.1) is 0 Å². The molecule has 2 rings (SSSR count). The SMILES string of the molecule is C1CC(CC2CCC2)C1. The highest BCUT2D eigenvalue weighted by Gasteiger charge is 2.25. The lowest BCUT2D eigenvalue weighted by Crippen LogP contribution is -2.20. The summed E-state index contributed by atoms with van der Waals surface area (Å²) in [7, 11) is 0. The summed E-state index contributed by atoms with van der Waals surface area (Å²) in [6.45, 7) is 0. The summed E-state index contributed by atoms with van der Waals surface area (Å²) < 4.78 is 0. The maximum Gasteiger partial charge on any atom is -0.0412 e. The Labute approximate surface area is 57.6 Å². The van der Waals surface area contributed by atoms with E-state index in [0.29, 0.717) is 0 Å². The van der Waals surface area contributed by atoms with E-state index >= 15 is 0 Å². The first kappa shape index (κ1) is 5.76. The van der Waals surface area contributed by atoms with E-state index in [0.717, 1.165) is 11.8 Å². The van der Waals surface area contributed by atoms with Gasteiger partial charge in [0.2, 0.25) is 0 Å². The fourth-order valence-electron chi connectivity index (χ4n) is 1.93. The molecule has 2 aliphatic rings. The van der Waals surface area contributed by atoms with E-state index in [1.807, 2.05) is 0 Å². The van der Waals surface area contributed by atoms with Gasteiger partial charge >= 0.3 is 0 Å². The summed E-state index contributed by atoms with van der Waals surface area (Å²) in [5, 5.41) is 0. The first-order chi connectivity index (χ1) is 4.45. The molecule has 0 saturated heterocycles. The van der Waals surface area contributed by atoms with E-state index in [9.17, 15) is 0 Å². The van der Waals surface area contributed by atoms with Crippen LogP contribution < -0.4 is 0 Å². The van der Waals surface area contributed by atoms with E-state index in [1.165, 1.54) is 12.8 Å². The molecule has 0 N–H and O–H groups in total. The quantitative estimate of drug-likeness (QED) is 0.531. The molecule has 0 atom stereocenters. The first-order valence-corrected chi connectivity index (χ1v) is 4.45. The Morgan fingerprint density at radius 3 is 1.44 bits per heavy atom. The lowest BCUT2D eigenvalue weighted by atomic mass is 9.72. The summed E-state index contributed by atoms with van der Waals surface area (Å²) in [6.07, 6.45) is 10.8. The van der Waals surface area contributed by atoms with Crippen molar-refractivity contribution in [1.82, 2.24) is 0 Å². The molecule has 0 aromatic heterocycles. The van der Waals surface area contributed by atoms with Gasteiger partial charge in [0.25, 0.3) is 0 Å². The number of rotatable bonds is 2. The molecule has 0 heteroatoms. The van der Waals surface area contributed by atoms with E-state index in [4.69, 9.17) is 0 Å². The topological polar surface area (TPSA) is 0 Å². The molecule has 0 amide bonds. The summed E-state index contributed by atoms with van der Waals surface area (Å²) in [4.78, 5) is 0. The van der Waals surface area contributed by atoms with Crippen LogP contribution in [-0.2, 0) is 0 Å². The van der Waals surface area contributed by atoms with Crippen LogP contribution in [-0.4, -0.2) is 0 Å². The second kappa shape index (κ2) is 2.32. The molecule has 0 heterocycles. The zero-order valence-corrected chi connectivity index (χ0v) is 6.10. The molecule has 0 nitrogen and oxygen atoms in total. The van der Waals surface area contributed by atoms with Crippen molar-refractivity contribution in [3.8, 4) is 0 Å². The molecule has 2 fully saturated rings. The van der Waals surface area contributed by atoms with Crippen molar-refractivity contribution in [2.24, 2.45) is 11.8 Å². The molecule has 0 spiro atoms. The third-order valence-corrected chi connectivity index (χ3v) is 3.12. The van der Waals surface area contributed by atoms with Gasteiger partial charge in [-0.05, 0) is 18.3 Å². The predicted molar refractivity (Wildman–Crippen MR) is 39.3 cm³/mol. The van der Waals surface area contributed by atoms with Gasteiger partial charge in [-0.25, -0.2) is 0 Å². The monoisotopic (exact) mass is 124 g/mol. The zero-order chi connectivity index (χ0) is 6.10. The van der Waals surface area contributed by atoms with Crippen molar-refractivity contribution in [2.45, 2.75) is 44.9 Å². The van der Waals surface area contributed by atoms with Gasteiger partial charge in [0, 0.05) is 0 Å². The Bertz CT molecular complexity index is 76.2. The third kappa shape index (κ3) is 1.12. The van der Waals surface area contributed by atoms with E-state index in [-0.39, 0.29) is 0 Å². The number of hydrogen-bond acceptors (Lipinski definition) is 0. The van der Waals surface area contributed by atoms with Crippen molar-refractivity contribution in [3.63, 3.8) is 0 Å². The largest absolute Gasteiger partial charge is 0.0528 e. The van der Waals surface area contributed by atoms with Crippen LogP contribution in [0.4, 0.5) is 0 Å². The molecule has 2 aliphatic carbocycles. The lowest BCUT2D eigenvalue weighted by Gasteiger charge is -2.33. The molecule has 0 aliphatic heterocycles. The van der Waals surface area contributed by atoms with E-state index < -0.39 is 0 Å². The Balaban J connectivity index is 1.64. The summed E-state index contributed by atoms with van der Waals surface area (Å²) >= 11 is 0. The van der Waals surface area contributed by atoms with Gasteiger partial charge in [0.05, 0.1) is 0 Å². The highest BCUT2D eigenvalue weighted by Crippen LogP contribution is 2.39.